The van der Waals surface area contributed by atoms with E-state index in [0.717, 1.165) is 0 Å². The fourth-order valence-corrected chi connectivity index (χ4v) is 1.25. The van der Waals surface area contributed by atoms with Gasteiger partial charge in [0, 0.05) is 13.1 Å². The van der Waals surface area contributed by atoms with Crippen LogP contribution in [-0.4, -0.2) is 43.8 Å². The van der Waals surface area contributed by atoms with E-state index in [1.807, 2.05) is 5.32 Å². The molecule has 0 aromatic heterocycles. The Bertz CT molecular complexity index is 529. The van der Waals surface area contributed by atoms with Crippen molar-refractivity contribution in [2.45, 2.75) is 0 Å². The summed E-state index contributed by atoms with van der Waals surface area (Å²) in [5.41, 5.74) is -0.112. The molecule has 0 saturated heterocycles. The Morgan fingerprint density at radius 3 is 2.55 bits per heavy atom. The SMILES string of the molecule is CNC(=O)NC(=O)COC(=O)c1ccc(OC)cc1O. The number of benzene rings is 1. The second-order valence-corrected chi connectivity index (χ2v) is 3.59. The zero-order valence-electron chi connectivity index (χ0n) is 10.9. The first kappa shape index (κ1) is 15.3. The third-order valence-electron chi connectivity index (χ3n) is 2.24. The summed E-state index contributed by atoms with van der Waals surface area (Å²) in [6.07, 6.45) is 0. The van der Waals surface area contributed by atoms with Crippen molar-refractivity contribution in [3.8, 4) is 11.5 Å². The summed E-state index contributed by atoms with van der Waals surface area (Å²) in [6.45, 7) is -0.641. The van der Waals surface area contributed by atoms with Crippen molar-refractivity contribution in [2.24, 2.45) is 0 Å². The first-order valence-electron chi connectivity index (χ1n) is 5.53. The molecule has 8 heteroatoms. The molecule has 0 spiro atoms. The lowest BCUT2D eigenvalue weighted by Crippen LogP contribution is -2.39. The molecule has 20 heavy (non-hydrogen) atoms. The van der Waals surface area contributed by atoms with Crippen molar-refractivity contribution in [1.82, 2.24) is 10.6 Å². The van der Waals surface area contributed by atoms with Gasteiger partial charge in [0.1, 0.15) is 17.1 Å². The lowest BCUT2D eigenvalue weighted by atomic mass is 10.2. The molecule has 0 atom stereocenters. The lowest BCUT2D eigenvalue weighted by Gasteiger charge is -2.07. The van der Waals surface area contributed by atoms with Crippen LogP contribution in [0, 0.1) is 0 Å². The summed E-state index contributed by atoms with van der Waals surface area (Å²) < 4.78 is 9.52. The second kappa shape index (κ2) is 6.98. The van der Waals surface area contributed by atoms with Gasteiger partial charge in [-0.05, 0) is 12.1 Å². The number of rotatable bonds is 4. The molecular formula is C12H14N2O6. The summed E-state index contributed by atoms with van der Waals surface area (Å²) in [6, 6.07) is 3.29. The number of urea groups is 1. The number of aromatic hydroxyl groups is 1. The molecule has 3 N–H and O–H groups in total. The Kier molecular flexibility index (Phi) is 5.33. The third kappa shape index (κ3) is 4.16. The molecule has 0 saturated carbocycles. The summed E-state index contributed by atoms with van der Waals surface area (Å²) in [5.74, 6) is -1.64. The maximum atomic E-state index is 11.6. The number of amides is 3. The lowest BCUT2D eigenvalue weighted by molar-refractivity contribution is -0.123. The number of esters is 1. The summed E-state index contributed by atoms with van der Waals surface area (Å²) >= 11 is 0. The zero-order chi connectivity index (χ0) is 15.1. The van der Waals surface area contributed by atoms with Gasteiger partial charge >= 0.3 is 12.0 Å². The van der Waals surface area contributed by atoms with Gasteiger partial charge in [0.2, 0.25) is 0 Å². The van der Waals surface area contributed by atoms with Gasteiger partial charge in [0.25, 0.3) is 5.91 Å². The molecule has 0 heterocycles. The Morgan fingerprint density at radius 2 is 2.00 bits per heavy atom. The van der Waals surface area contributed by atoms with Crippen molar-refractivity contribution < 1.29 is 29.0 Å². The molecule has 0 aliphatic heterocycles. The average molecular weight is 282 g/mol. The highest BCUT2D eigenvalue weighted by atomic mass is 16.5. The van der Waals surface area contributed by atoms with E-state index in [-0.39, 0.29) is 11.3 Å². The monoisotopic (exact) mass is 282 g/mol. The molecule has 0 bridgehead atoms. The number of carbonyl (C=O) groups is 3. The maximum Gasteiger partial charge on any atom is 0.342 e. The molecule has 1 aromatic rings. The van der Waals surface area contributed by atoms with Gasteiger partial charge in [-0.1, -0.05) is 0 Å². The van der Waals surface area contributed by atoms with Gasteiger partial charge in [0.05, 0.1) is 7.11 Å². The van der Waals surface area contributed by atoms with E-state index in [1.165, 1.54) is 32.4 Å². The van der Waals surface area contributed by atoms with Crippen molar-refractivity contribution in [3.05, 3.63) is 23.8 Å². The van der Waals surface area contributed by atoms with Gasteiger partial charge < -0.3 is 19.9 Å². The van der Waals surface area contributed by atoms with Crippen LogP contribution >= 0.6 is 0 Å². The van der Waals surface area contributed by atoms with Crippen molar-refractivity contribution in [2.75, 3.05) is 20.8 Å². The number of nitrogens with one attached hydrogen (secondary N) is 2. The largest absolute Gasteiger partial charge is 0.507 e. The highest BCUT2D eigenvalue weighted by molar-refractivity contribution is 5.97. The molecule has 1 aromatic carbocycles. The number of imide groups is 1. The first-order valence-corrected chi connectivity index (χ1v) is 5.53. The van der Waals surface area contributed by atoms with E-state index in [0.29, 0.717) is 5.75 Å². The second-order valence-electron chi connectivity index (χ2n) is 3.59. The number of hydrogen-bond donors (Lipinski definition) is 3. The Morgan fingerprint density at radius 1 is 1.30 bits per heavy atom. The van der Waals surface area contributed by atoms with E-state index < -0.39 is 24.5 Å². The summed E-state index contributed by atoms with van der Waals surface area (Å²) in [5, 5.41) is 13.7. The molecule has 0 fully saturated rings. The van der Waals surface area contributed by atoms with Crippen molar-refractivity contribution in [3.63, 3.8) is 0 Å². The van der Waals surface area contributed by atoms with Gasteiger partial charge in [-0.3, -0.25) is 10.1 Å². The van der Waals surface area contributed by atoms with Gasteiger partial charge in [-0.2, -0.15) is 0 Å². The van der Waals surface area contributed by atoms with Crippen molar-refractivity contribution in [1.29, 1.82) is 0 Å². The summed E-state index contributed by atoms with van der Waals surface area (Å²) in [7, 11) is 2.75. The van der Waals surface area contributed by atoms with Crippen LogP contribution in [0.25, 0.3) is 0 Å². The predicted molar refractivity (Wildman–Crippen MR) is 67.5 cm³/mol. The van der Waals surface area contributed by atoms with E-state index >= 15 is 0 Å². The topological polar surface area (TPSA) is 114 Å². The van der Waals surface area contributed by atoms with Crippen LogP contribution < -0.4 is 15.4 Å². The molecule has 0 aliphatic carbocycles. The van der Waals surface area contributed by atoms with E-state index in [4.69, 9.17) is 4.74 Å². The standard InChI is InChI=1S/C12H14N2O6/c1-13-12(18)14-10(16)6-20-11(17)8-4-3-7(19-2)5-9(8)15/h3-5,15H,6H2,1-2H3,(H2,13,14,16,18). The van der Waals surface area contributed by atoms with Crippen molar-refractivity contribution >= 4 is 17.9 Å². The van der Waals surface area contributed by atoms with Crippen LogP contribution in [0.4, 0.5) is 4.79 Å². The molecule has 0 unspecified atom stereocenters. The molecule has 3 amide bonds. The number of hydrogen-bond acceptors (Lipinski definition) is 6. The quantitative estimate of drug-likeness (QED) is 0.670. The van der Waals surface area contributed by atoms with E-state index in [9.17, 15) is 19.5 Å². The Hall–Kier alpha value is -2.77. The molecular weight excluding hydrogens is 268 g/mol. The van der Waals surface area contributed by atoms with Gasteiger partial charge in [-0.15, -0.1) is 0 Å². The number of phenolic OH excluding ortho intramolecular Hbond substituents is 1. The minimum Gasteiger partial charge on any atom is -0.507 e. The minimum atomic E-state index is -0.891. The van der Waals surface area contributed by atoms with Crippen LogP contribution in [0.15, 0.2) is 18.2 Å². The van der Waals surface area contributed by atoms with Gasteiger partial charge in [0.15, 0.2) is 6.61 Å². The zero-order valence-corrected chi connectivity index (χ0v) is 10.9. The molecule has 0 radical (unpaired) electrons. The predicted octanol–water partition coefficient (Wildman–Crippen LogP) is 0.0132. The fraction of sp³-hybridized carbons (Fsp3) is 0.250. The Balaban J connectivity index is 2.59. The van der Waals surface area contributed by atoms with Crippen LogP contribution in [-0.2, 0) is 9.53 Å². The molecule has 8 nitrogen and oxygen atoms in total. The van der Waals surface area contributed by atoms with Gasteiger partial charge in [-0.25, -0.2) is 9.59 Å². The highest BCUT2D eigenvalue weighted by Crippen LogP contribution is 2.23. The smallest absolute Gasteiger partial charge is 0.342 e. The maximum absolute atomic E-state index is 11.6. The summed E-state index contributed by atoms with van der Waals surface area (Å²) in [4.78, 5) is 33.6. The molecule has 0 aliphatic rings. The van der Waals surface area contributed by atoms with Crippen LogP contribution in [0.3, 0.4) is 0 Å². The van der Waals surface area contributed by atoms with E-state index in [1.54, 1.807) is 0 Å². The highest BCUT2D eigenvalue weighted by Gasteiger charge is 2.15. The number of carbonyl (C=O) groups excluding carboxylic acids is 3. The normalized spacial score (nSPS) is 9.50. The van der Waals surface area contributed by atoms with Crippen LogP contribution in [0.1, 0.15) is 10.4 Å². The number of methoxy groups -OCH3 is 1. The molecule has 1 rings (SSSR count). The first-order chi connectivity index (χ1) is 9.47. The molecule has 108 valence electrons. The number of ether oxygens (including phenoxy) is 2. The average Bonchev–Trinajstić information content (AvgIpc) is 2.44. The van der Waals surface area contributed by atoms with Crippen LogP contribution in [0.2, 0.25) is 0 Å². The fourth-order valence-electron chi connectivity index (χ4n) is 1.25. The number of phenols is 1. The van der Waals surface area contributed by atoms with E-state index in [2.05, 4.69) is 10.1 Å². The minimum absolute atomic E-state index is 0.112. The Labute approximate surface area is 114 Å². The third-order valence-corrected chi connectivity index (χ3v) is 2.24. The van der Waals surface area contributed by atoms with Crippen LogP contribution in [0.5, 0.6) is 11.5 Å².